The molecule has 0 radical (unpaired) electrons. The van der Waals surface area contributed by atoms with E-state index in [9.17, 15) is 0 Å². The van der Waals surface area contributed by atoms with Gasteiger partial charge in [0.05, 0.1) is 22.2 Å². The standard InChI is InChI=1S/C47H29N5O.Pt/c1-47(2)38-20-18-30(25-43(38)52-44-33(13-8-15-39(44)47)34-14-9-21-48-46(34)52)53-29-17-19-31-35-26-36-32-12-6-7-16-40(32)51(28-10-4-3-5-11-28)42(36)27-41(35)50-23-22-49-45(50)37(31)24-29;/h3-23,26-27H,1-2H3;/q-2;+2. The van der Waals surface area contributed by atoms with Crippen LogP contribution < -0.4 is 4.74 Å². The zero-order valence-electron chi connectivity index (χ0n) is 29.2. The van der Waals surface area contributed by atoms with Crippen molar-refractivity contribution in [1.29, 1.82) is 0 Å². The van der Waals surface area contributed by atoms with Gasteiger partial charge < -0.3 is 18.3 Å². The molecular formula is C47H29N5OPt. The minimum atomic E-state index is -0.227. The number of para-hydroxylation sites is 3. The average Bonchev–Trinajstić information content (AvgIpc) is 3.90. The molecule has 6 nitrogen and oxygen atoms in total. The van der Waals surface area contributed by atoms with E-state index < -0.39 is 0 Å². The van der Waals surface area contributed by atoms with Crippen LogP contribution in [0, 0.1) is 12.1 Å². The molecule has 54 heavy (non-hydrogen) atoms. The topological polar surface area (TPSA) is 49.3 Å². The third-order valence-electron chi connectivity index (χ3n) is 11.4. The molecule has 0 unspecified atom stereocenters. The van der Waals surface area contributed by atoms with Crippen molar-refractivity contribution in [3.8, 4) is 22.9 Å². The van der Waals surface area contributed by atoms with Gasteiger partial charge in [-0.2, -0.15) is 6.07 Å². The van der Waals surface area contributed by atoms with E-state index in [0.717, 1.165) is 55.2 Å². The number of ether oxygens (including phenoxy) is 1. The summed E-state index contributed by atoms with van der Waals surface area (Å²) in [6.45, 7) is 4.57. The Hall–Kier alpha value is -6.23. The summed E-state index contributed by atoms with van der Waals surface area (Å²) in [7, 11) is 0. The number of hydrogen-bond acceptors (Lipinski definition) is 3. The molecule has 0 amide bonds. The van der Waals surface area contributed by atoms with Crippen LogP contribution in [0.15, 0.2) is 140 Å². The van der Waals surface area contributed by atoms with Crippen LogP contribution in [0.4, 0.5) is 0 Å². The largest absolute Gasteiger partial charge is 2.00 e. The number of rotatable bonds is 3. The Balaban J connectivity index is 0.00000341. The number of imidazole rings is 1. The Morgan fingerprint density at radius 3 is 2.22 bits per heavy atom. The molecule has 0 fully saturated rings. The molecule has 0 spiro atoms. The number of pyridine rings is 2. The maximum atomic E-state index is 6.63. The normalized spacial score (nSPS) is 13.4. The summed E-state index contributed by atoms with van der Waals surface area (Å²) in [6, 6.07) is 50.2. The van der Waals surface area contributed by atoms with Crippen LogP contribution in [0.1, 0.15) is 25.0 Å². The number of hydrogen-bond donors (Lipinski definition) is 0. The van der Waals surface area contributed by atoms with Gasteiger partial charge in [-0.1, -0.05) is 97.0 Å². The van der Waals surface area contributed by atoms with Crippen molar-refractivity contribution in [2.75, 3.05) is 0 Å². The van der Waals surface area contributed by atoms with Crippen molar-refractivity contribution in [1.82, 2.24) is 23.5 Å². The van der Waals surface area contributed by atoms with Gasteiger partial charge in [0.2, 0.25) is 0 Å². The summed E-state index contributed by atoms with van der Waals surface area (Å²) in [6.07, 6.45) is 5.76. The Morgan fingerprint density at radius 2 is 1.31 bits per heavy atom. The number of fused-ring (bicyclic) bond motifs is 14. The molecule has 6 aromatic carbocycles. The van der Waals surface area contributed by atoms with E-state index in [1.54, 1.807) is 0 Å². The first-order valence-corrected chi connectivity index (χ1v) is 17.9. The smallest absolute Gasteiger partial charge is 0.503 e. The molecule has 11 aromatic rings. The minimum Gasteiger partial charge on any atom is -0.503 e. The first-order valence-electron chi connectivity index (χ1n) is 17.9. The Bertz CT molecular complexity index is 3350. The molecule has 0 N–H and O–H groups in total. The molecule has 258 valence electrons. The van der Waals surface area contributed by atoms with Crippen LogP contribution >= 0.6 is 0 Å². The molecular weight excluding hydrogens is 846 g/mol. The van der Waals surface area contributed by atoms with Crippen LogP contribution in [-0.4, -0.2) is 23.5 Å². The molecule has 1 aliphatic rings. The molecule has 6 heterocycles. The van der Waals surface area contributed by atoms with E-state index in [0.29, 0.717) is 11.5 Å². The summed E-state index contributed by atoms with van der Waals surface area (Å²) in [5, 5.41) is 7.86. The monoisotopic (exact) mass is 874 g/mol. The van der Waals surface area contributed by atoms with E-state index in [2.05, 4.69) is 143 Å². The second-order valence-electron chi connectivity index (χ2n) is 14.5. The fraction of sp³-hybridized carbons (Fsp3) is 0.0638. The molecule has 0 saturated heterocycles. The molecule has 1 aliphatic heterocycles. The molecule has 12 rings (SSSR count). The van der Waals surface area contributed by atoms with Crippen LogP contribution in [-0.2, 0) is 26.5 Å². The zero-order chi connectivity index (χ0) is 35.0. The second kappa shape index (κ2) is 11.1. The van der Waals surface area contributed by atoms with Gasteiger partial charge in [-0.05, 0) is 52.8 Å². The molecule has 0 bridgehead atoms. The third-order valence-corrected chi connectivity index (χ3v) is 11.4. The maximum absolute atomic E-state index is 6.63. The molecule has 0 aliphatic carbocycles. The van der Waals surface area contributed by atoms with Gasteiger partial charge in [0, 0.05) is 62.8 Å². The summed E-state index contributed by atoms with van der Waals surface area (Å²) in [5.41, 5.74) is 10.7. The second-order valence-corrected chi connectivity index (χ2v) is 14.5. The van der Waals surface area contributed by atoms with Crippen LogP contribution in [0.5, 0.6) is 11.5 Å². The van der Waals surface area contributed by atoms with Gasteiger partial charge in [-0.15, -0.1) is 29.8 Å². The van der Waals surface area contributed by atoms with E-state index in [-0.39, 0.29) is 26.5 Å². The Morgan fingerprint density at radius 1 is 0.556 bits per heavy atom. The zero-order valence-corrected chi connectivity index (χ0v) is 31.5. The molecule has 0 atom stereocenters. The van der Waals surface area contributed by atoms with Gasteiger partial charge in [0.1, 0.15) is 5.65 Å². The van der Waals surface area contributed by atoms with E-state index in [4.69, 9.17) is 14.7 Å². The van der Waals surface area contributed by atoms with Gasteiger partial charge in [-0.25, -0.2) is 4.98 Å². The first-order chi connectivity index (χ1) is 26.0. The van der Waals surface area contributed by atoms with E-state index >= 15 is 0 Å². The summed E-state index contributed by atoms with van der Waals surface area (Å²) in [5.74, 6) is 1.23. The predicted octanol–water partition coefficient (Wildman–Crippen LogP) is 11.3. The first kappa shape index (κ1) is 31.3. The Labute approximate surface area is 324 Å². The van der Waals surface area contributed by atoms with Crippen molar-refractivity contribution >= 4 is 71.1 Å². The SMILES string of the molecule is CC1(C)c2ccc(Oc3[c-]c4c(cc3)c3cc5c6ccccc6n(-c6ccccc6)c5cc3n3ccnc43)[c-]c2-n2c3ncccc3c3cccc1c32.[Pt+2]. The summed E-state index contributed by atoms with van der Waals surface area (Å²) >= 11 is 0. The summed E-state index contributed by atoms with van der Waals surface area (Å²) < 4.78 is 13.4. The fourth-order valence-electron chi connectivity index (χ4n) is 8.97. The molecule has 7 heteroatoms. The van der Waals surface area contributed by atoms with Gasteiger partial charge >= 0.3 is 21.1 Å². The predicted molar refractivity (Wildman–Crippen MR) is 213 cm³/mol. The number of benzene rings is 6. The average molecular weight is 875 g/mol. The van der Waals surface area contributed by atoms with Crippen molar-refractivity contribution in [2.45, 2.75) is 19.3 Å². The third kappa shape index (κ3) is 4.09. The van der Waals surface area contributed by atoms with Crippen LogP contribution in [0.3, 0.4) is 0 Å². The van der Waals surface area contributed by atoms with E-state index in [1.165, 1.54) is 38.3 Å². The number of nitrogens with zero attached hydrogens (tertiary/aromatic N) is 5. The van der Waals surface area contributed by atoms with E-state index in [1.807, 2.05) is 36.8 Å². The van der Waals surface area contributed by atoms with Crippen LogP contribution in [0.2, 0.25) is 0 Å². The quantitative estimate of drug-likeness (QED) is 0.131. The van der Waals surface area contributed by atoms with Gasteiger partial charge in [0.15, 0.2) is 0 Å². The number of aromatic nitrogens is 5. The van der Waals surface area contributed by atoms with Crippen LogP contribution in [0.25, 0.3) is 82.4 Å². The maximum Gasteiger partial charge on any atom is 2.00 e. The fourth-order valence-corrected chi connectivity index (χ4v) is 8.97. The Kier molecular flexibility index (Phi) is 6.46. The van der Waals surface area contributed by atoms with Gasteiger partial charge in [-0.3, -0.25) is 4.98 Å². The van der Waals surface area contributed by atoms with Gasteiger partial charge in [0.25, 0.3) is 0 Å². The summed E-state index contributed by atoms with van der Waals surface area (Å²) in [4.78, 5) is 9.68. The molecule has 0 saturated carbocycles. The van der Waals surface area contributed by atoms with Crippen molar-refractivity contribution in [3.63, 3.8) is 0 Å². The minimum absolute atomic E-state index is 0. The molecule has 5 aromatic heterocycles. The van der Waals surface area contributed by atoms with Crippen molar-refractivity contribution in [2.24, 2.45) is 0 Å². The van der Waals surface area contributed by atoms with Crippen molar-refractivity contribution < 1.29 is 25.8 Å². The van der Waals surface area contributed by atoms with Crippen molar-refractivity contribution in [3.05, 3.63) is 163 Å².